The quantitative estimate of drug-likeness (QED) is 0.0281. The van der Waals surface area contributed by atoms with Crippen molar-refractivity contribution >= 4 is 110 Å². The normalized spacial score (nSPS) is 21.1. The van der Waals surface area contributed by atoms with E-state index in [1.54, 1.807) is 30.3 Å². The van der Waals surface area contributed by atoms with Gasteiger partial charge in [0.15, 0.2) is 5.96 Å². The van der Waals surface area contributed by atoms with Gasteiger partial charge in [-0.05, 0) is 121 Å². The van der Waals surface area contributed by atoms with Crippen LogP contribution in [0.5, 0.6) is 0 Å². The molecule has 16 N–H and O–H groups in total. The largest absolute Gasteiger partial charge is 0.370 e. The average molecular weight is 1370 g/mol. The van der Waals surface area contributed by atoms with Gasteiger partial charge in [-0.3, -0.25) is 62.5 Å². The highest BCUT2D eigenvalue weighted by Gasteiger charge is 2.40. The van der Waals surface area contributed by atoms with Crippen molar-refractivity contribution in [3.63, 3.8) is 0 Å². The number of likely N-dealkylation sites (tertiary alicyclic amines) is 1. The monoisotopic (exact) mass is 1370 g/mol. The van der Waals surface area contributed by atoms with Crippen molar-refractivity contribution in [1.82, 2.24) is 58.1 Å². The van der Waals surface area contributed by atoms with E-state index in [1.165, 1.54) is 25.7 Å². The summed E-state index contributed by atoms with van der Waals surface area (Å²) in [5.41, 5.74) is 18.5. The van der Waals surface area contributed by atoms with Crippen LogP contribution in [0.4, 0.5) is 0 Å². The Morgan fingerprint density at radius 1 is 0.622 bits per heavy atom. The molecule has 0 radical (unpaired) electrons. The molecule has 2 aliphatic heterocycles. The number of primary amides is 1. The molecule has 524 valence electrons. The zero-order valence-corrected chi connectivity index (χ0v) is 56.5. The van der Waals surface area contributed by atoms with Crippen LogP contribution in [0.25, 0.3) is 21.5 Å². The van der Waals surface area contributed by atoms with Crippen molar-refractivity contribution in [3.8, 4) is 0 Å². The predicted octanol–water partition coefficient (Wildman–Crippen LogP) is 1.36. The molecule has 98 heavy (non-hydrogen) atoms. The standard InChI is InChI=1S/C70H90ClN15O12/c1-39(2)32-53-64(93)81-52(69(98)86-31-13-20-58(86)68(97)77-40(3)60(72)89)18-10-11-29-75-59(88)38-57(85-66(95)55(35-43-23-27-50(71)28-24-43)84-65(94)54(79-42(5)87)36-44-21-25-46-14-6-8-16-48(46)33-44)63(92)78-41(4)61(90)80-51(19-12-30-76-70(73)74)62(91)83-56(67(96)82-53)37-45-22-26-47-15-7-9-17-49(47)34-45/h6-9,14-17,21-28,33-34,39-41,51-58H,10-13,18-20,29-32,35-38H2,1-5H3,(H2,72,89)(H,75,88)(H,77,97)(H,78,92)(H,79,87)(H,80,90)(H,81,93)(H,82,96)(H,83,91)(H,84,94)(H,85,95)(H4,73,74,76)/t40-,41-,51-,52-,53-,54+,55-,56+,57-,58-/m0/s1. The van der Waals surface area contributed by atoms with Crippen molar-refractivity contribution in [2.75, 3.05) is 19.6 Å². The minimum atomic E-state index is -1.76. The molecule has 5 aromatic carbocycles. The summed E-state index contributed by atoms with van der Waals surface area (Å²) in [5.74, 6) is -9.91. The molecule has 5 aromatic rings. The molecule has 2 aliphatic rings. The van der Waals surface area contributed by atoms with E-state index in [1.807, 2.05) is 92.7 Å². The van der Waals surface area contributed by atoms with Gasteiger partial charge < -0.3 is 75.3 Å². The van der Waals surface area contributed by atoms with Crippen molar-refractivity contribution in [2.24, 2.45) is 28.1 Å². The van der Waals surface area contributed by atoms with E-state index in [9.17, 15) is 57.5 Å². The first-order valence-electron chi connectivity index (χ1n) is 33.0. The molecule has 10 atom stereocenters. The Balaban J connectivity index is 1.23. The summed E-state index contributed by atoms with van der Waals surface area (Å²) in [6.07, 6.45) is -0.0818. The van der Waals surface area contributed by atoms with Crippen LogP contribution in [0.15, 0.2) is 114 Å². The minimum Gasteiger partial charge on any atom is -0.370 e. The molecule has 0 saturated carbocycles. The Morgan fingerprint density at radius 3 is 1.85 bits per heavy atom. The highest BCUT2D eigenvalue weighted by molar-refractivity contribution is 6.30. The van der Waals surface area contributed by atoms with E-state index in [0.29, 0.717) is 28.1 Å². The molecule has 0 spiro atoms. The number of aliphatic imine (C=N–C) groups is 1. The van der Waals surface area contributed by atoms with Gasteiger partial charge in [0, 0.05) is 50.8 Å². The third-order valence-electron chi connectivity index (χ3n) is 17.0. The predicted molar refractivity (Wildman–Crippen MR) is 370 cm³/mol. The number of carbonyl (C=O) groups is 12. The molecule has 2 heterocycles. The van der Waals surface area contributed by atoms with Gasteiger partial charge in [-0.15, -0.1) is 0 Å². The lowest BCUT2D eigenvalue weighted by atomic mass is 9.98. The maximum atomic E-state index is 15.0. The number of halogens is 1. The molecule has 27 nitrogen and oxygen atoms in total. The molecule has 28 heteroatoms. The van der Waals surface area contributed by atoms with Gasteiger partial charge >= 0.3 is 0 Å². The maximum absolute atomic E-state index is 15.0. The Kier molecular flexibility index (Phi) is 27.8. The SMILES string of the molecule is CC(=O)N[C@H](Cc1ccc2ccccc2c1)C(=O)N[C@@H](Cc1ccc(Cl)cc1)C(=O)N[C@H]1CC(=O)NCCCC[C@@H](C(=O)N2CCC[C@H]2C(=O)N[C@@H](C)C(N)=O)NC(=O)[C@H](CC(C)C)NC(=O)[C@@H](Cc2ccc3ccccc3c2)NC(=O)[C@H](CCCN=C(N)N)NC(=O)[C@H](C)NC1=O. The van der Waals surface area contributed by atoms with Crippen LogP contribution in [0, 0.1) is 5.92 Å². The third kappa shape index (κ3) is 22.7. The van der Waals surface area contributed by atoms with Crippen LogP contribution in [0.1, 0.15) is 109 Å². The lowest BCUT2D eigenvalue weighted by Crippen LogP contribution is -2.61. The highest BCUT2D eigenvalue weighted by atomic mass is 35.5. The Hall–Kier alpha value is -10.2. The second-order valence-corrected chi connectivity index (χ2v) is 25.8. The fourth-order valence-electron chi connectivity index (χ4n) is 11.8. The van der Waals surface area contributed by atoms with Crippen molar-refractivity contribution < 1.29 is 57.5 Å². The van der Waals surface area contributed by atoms with E-state index in [-0.39, 0.29) is 95.7 Å². The third-order valence-corrected chi connectivity index (χ3v) is 17.2. The number of nitrogens with zero attached hydrogens (tertiary/aromatic N) is 2. The van der Waals surface area contributed by atoms with Crippen LogP contribution in [-0.4, -0.2) is 162 Å². The molecule has 0 aliphatic carbocycles. The number of rotatable bonds is 21. The fraction of sp³-hybridized carbons (Fsp3) is 0.443. The van der Waals surface area contributed by atoms with Gasteiger partial charge in [0.1, 0.15) is 60.4 Å². The number of nitrogens with one attached hydrogen (secondary N) is 10. The van der Waals surface area contributed by atoms with Gasteiger partial charge in [-0.2, -0.15) is 0 Å². The van der Waals surface area contributed by atoms with Gasteiger partial charge in [0.25, 0.3) is 0 Å². The number of nitrogens with two attached hydrogens (primary N) is 3. The average Bonchev–Trinajstić information content (AvgIpc) is 1.16. The molecule has 0 aromatic heterocycles. The first-order chi connectivity index (χ1) is 46.7. The Morgan fingerprint density at radius 2 is 1.20 bits per heavy atom. The van der Waals surface area contributed by atoms with Crippen molar-refractivity contribution in [1.29, 1.82) is 0 Å². The van der Waals surface area contributed by atoms with Crippen molar-refractivity contribution in [2.45, 2.75) is 172 Å². The molecule has 0 bridgehead atoms. The zero-order valence-electron chi connectivity index (χ0n) is 55.8. The molecule has 0 unspecified atom stereocenters. The number of amides is 12. The lowest BCUT2D eigenvalue weighted by Gasteiger charge is -2.31. The van der Waals surface area contributed by atoms with Gasteiger partial charge in [-0.25, -0.2) is 0 Å². The lowest BCUT2D eigenvalue weighted by molar-refractivity contribution is -0.142. The Bertz CT molecular complexity index is 3750. The van der Waals surface area contributed by atoms with E-state index >= 15 is 0 Å². The minimum absolute atomic E-state index is 0.00609. The second kappa shape index (κ2) is 36.2. The van der Waals surface area contributed by atoms with Crippen molar-refractivity contribution in [3.05, 3.63) is 131 Å². The summed E-state index contributed by atoms with van der Waals surface area (Å²) in [6.45, 7) is 7.66. The summed E-state index contributed by atoms with van der Waals surface area (Å²) in [4.78, 5) is 176. The number of fused-ring (bicyclic) bond motifs is 2. The smallest absolute Gasteiger partial charge is 0.245 e. The van der Waals surface area contributed by atoms with Gasteiger partial charge in [0.2, 0.25) is 70.9 Å². The maximum Gasteiger partial charge on any atom is 0.245 e. The van der Waals surface area contributed by atoms with Crippen LogP contribution >= 0.6 is 11.6 Å². The van der Waals surface area contributed by atoms with E-state index in [4.69, 9.17) is 28.8 Å². The molecule has 7 rings (SSSR count). The van der Waals surface area contributed by atoms with E-state index in [2.05, 4.69) is 58.2 Å². The molecule has 12 amide bonds. The highest BCUT2D eigenvalue weighted by Crippen LogP contribution is 2.23. The second-order valence-electron chi connectivity index (χ2n) is 25.4. The molecule has 2 fully saturated rings. The number of carbonyl (C=O) groups excluding carboxylic acids is 12. The first-order valence-corrected chi connectivity index (χ1v) is 33.4. The topological polar surface area (TPSA) is 419 Å². The van der Waals surface area contributed by atoms with Crippen LogP contribution in [-0.2, 0) is 76.8 Å². The number of hydrogen-bond acceptors (Lipinski definition) is 13. The molecular weight excluding hydrogens is 1280 g/mol. The van der Waals surface area contributed by atoms with Gasteiger partial charge in [-0.1, -0.05) is 123 Å². The number of guanidine groups is 1. The summed E-state index contributed by atoms with van der Waals surface area (Å²) >= 11 is 6.25. The van der Waals surface area contributed by atoms with Crippen LogP contribution in [0.3, 0.4) is 0 Å². The zero-order chi connectivity index (χ0) is 71.2. The van der Waals surface area contributed by atoms with Gasteiger partial charge in [0.05, 0.1) is 6.42 Å². The molecule has 2 saturated heterocycles. The number of hydrogen-bond donors (Lipinski definition) is 13. The number of benzene rings is 5. The Labute approximate surface area is 573 Å². The van der Waals surface area contributed by atoms with E-state index in [0.717, 1.165) is 21.5 Å². The first kappa shape index (κ1) is 75.2. The summed E-state index contributed by atoms with van der Waals surface area (Å²) in [7, 11) is 0. The van der Waals surface area contributed by atoms with E-state index < -0.39 is 138 Å². The summed E-state index contributed by atoms with van der Waals surface area (Å²) < 4.78 is 0. The van der Waals surface area contributed by atoms with Crippen LogP contribution < -0.4 is 70.4 Å². The fourth-order valence-corrected chi connectivity index (χ4v) is 11.9. The van der Waals surface area contributed by atoms with Crippen LogP contribution in [0.2, 0.25) is 5.02 Å². The summed E-state index contributed by atoms with van der Waals surface area (Å²) in [6, 6.07) is 19.0. The molecular formula is C70H90ClN15O12. The summed E-state index contributed by atoms with van der Waals surface area (Å²) in [5, 5.41) is 31.0.